The molecule has 9 heteroatoms. The molecule has 0 radical (unpaired) electrons. The molecule has 0 saturated carbocycles. The highest BCUT2D eigenvalue weighted by molar-refractivity contribution is 14.0. The summed E-state index contributed by atoms with van der Waals surface area (Å²) >= 11 is 6.28. The Bertz CT molecular complexity index is 1020. The third-order valence-electron chi connectivity index (χ3n) is 5.19. The number of rotatable bonds is 5. The van der Waals surface area contributed by atoms with Gasteiger partial charge in [0.2, 0.25) is 0 Å². The first-order valence-electron chi connectivity index (χ1n) is 9.90. The Balaban J connectivity index is 0.00000256. The lowest BCUT2D eigenvalue weighted by Gasteiger charge is -2.20. The summed E-state index contributed by atoms with van der Waals surface area (Å²) in [6.07, 6.45) is 7.75. The van der Waals surface area contributed by atoms with E-state index in [9.17, 15) is 0 Å². The molecule has 3 aromatic heterocycles. The van der Waals surface area contributed by atoms with Crippen LogP contribution < -0.4 is 15.5 Å². The van der Waals surface area contributed by atoms with Gasteiger partial charge < -0.3 is 19.9 Å². The van der Waals surface area contributed by atoms with Crippen LogP contribution in [0.5, 0.6) is 0 Å². The van der Waals surface area contributed by atoms with E-state index in [1.165, 1.54) is 5.56 Å². The molecule has 3 aromatic rings. The van der Waals surface area contributed by atoms with Crippen LogP contribution in [0.1, 0.15) is 17.7 Å². The number of fused-ring (bicyclic) bond motifs is 1. The van der Waals surface area contributed by atoms with E-state index in [0.717, 1.165) is 55.6 Å². The number of halogens is 2. The molecule has 0 aliphatic carbocycles. The Labute approximate surface area is 199 Å². The minimum absolute atomic E-state index is 0. The first-order chi connectivity index (χ1) is 14.1. The molecular weight excluding hydrogens is 513 g/mol. The number of hydrogen-bond donors (Lipinski definition) is 2. The maximum atomic E-state index is 6.28. The molecule has 1 atom stereocenters. The predicted molar refractivity (Wildman–Crippen MR) is 133 cm³/mol. The van der Waals surface area contributed by atoms with Crippen molar-refractivity contribution in [3.8, 4) is 0 Å². The summed E-state index contributed by atoms with van der Waals surface area (Å²) in [6, 6.07) is 8.16. The lowest BCUT2D eigenvalue weighted by Crippen LogP contribution is -2.45. The molecule has 1 saturated heterocycles. The van der Waals surface area contributed by atoms with Crippen LogP contribution in [0.3, 0.4) is 0 Å². The lowest BCUT2D eigenvalue weighted by molar-refractivity contribution is 0.647. The summed E-state index contributed by atoms with van der Waals surface area (Å²) in [7, 11) is 1.80. The standard InChI is InChI=1S/C21H26ClN7.HI/c1-15-5-4-11-28-13-16(26-19(15)28)7-10-25-21(23-2)27-17-8-12-29(14-17)20-18(22)6-3-9-24-20;/h3-6,9,11,13,17H,7-8,10,12,14H2,1-2H3,(H2,23,25,27);1H. The van der Waals surface area contributed by atoms with E-state index in [0.29, 0.717) is 11.1 Å². The molecule has 4 rings (SSSR count). The van der Waals surface area contributed by atoms with Gasteiger partial charge in [0.05, 0.1) is 10.7 Å². The molecular formula is C21H27ClIN7. The van der Waals surface area contributed by atoms with Gasteiger partial charge in [0.1, 0.15) is 11.5 Å². The Morgan fingerprint density at radius 2 is 2.20 bits per heavy atom. The summed E-state index contributed by atoms with van der Waals surface area (Å²) in [4.78, 5) is 15.7. The molecule has 2 N–H and O–H groups in total. The molecule has 0 bridgehead atoms. The largest absolute Gasteiger partial charge is 0.356 e. The van der Waals surface area contributed by atoms with Gasteiger partial charge in [-0.2, -0.15) is 0 Å². The number of aryl methyl sites for hydroxylation is 1. The molecule has 1 aliphatic heterocycles. The van der Waals surface area contributed by atoms with Crippen molar-refractivity contribution in [1.29, 1.82) is 0 Å². The highest BCUT2D eigenvalue weighted by Gasteiger charge is 2.25. The minimum Gasteiger partial charge on any atom is -0.356 e. The van der Waals surface area contributed by atoms with Crippen molar-refractivity contribution >= 4 is 53.0 Å². The van der Waals surface area contributed by atoms with Crippen LogP contribution in [0.15, 0.2) is 47.8 Å². The van der Waals surface area contributed by atoms with Crippen molar-refractivity contribution in [2.75, 3.05) is 31.6 Å². The summed E-state index contributed by atoms with van der Waals surface area (Å²) in [5.74, 6) is 1.66. The molecule has 4 heterocycles. The van der Waals surface area contributed by atoms with Crippen LogP contribution in [0.25, 0.3) is 5.65 Å². The molecule has 1 unspecified atom stereocenters. The maximum Gasteiger partial charge on any atom is 0.191 e. The van der Waals surface area contributed by atoms with Gasteiger partial charge in [-0.1, -0.05) is 17.7 Å². The van der Waals surface area contributed by atoms with Crippen LogP contribution in [0.4, 0.5) is 5.82 Å². The average molecular weight is 540 g/mol. The number of aliphatic imine (C=N–C) groups is 1. The fraction of sp³-hybridized carbons (Fsp3) is 0.381. The Kier molecular flexibility index (Phi) is 7.76. The van der Waals surface area contributed by atoms with Crippen molar-refractivity contribution in [3.63, 3.8) is 0 Å². The highest BCUT2D eigenvalue weighted by atomic mass is 127. The molecule has 1 aliphatic rings. The zero-order valence-electron chi connectivity index (χ0n) is 17.2. The van der Waals surface area contributed by atoms with Crippen LogP contribution in [0.2, 0.25) is 5.02 Å². The normalized spacial score (nSPS) is 16.6. The Morgan fingerprint density at radius 1 is 1.33 bits per heavy atom. The lowest BCUT2D eigenvalue weighted by atomic mass is 10.3. The predicted octanol–water partition coefficient (Wildman–Crippen LogP) is 3.30. The van der Waals surface area contributed by atoms with Crippen LogP contribution in [-0.2, 0) is 6.42 Å². The number of imidazole rings is 1. The van der Waals surface area contributed by atoms with Crippen molar-refractivity contribution in [3.05, 3.63) is 59.1 Å². The third-order valence-corrected chi connectivity index (χ3v) is 5.49. The smallest absolute Gasteiger partial charge is 0.191 e. The summed E-state index contributed by atoms with van der Waals surface area (Å²) in [5.41, 5.74) is 3.27. The SMILES string of the molecule is CN=C(NCCc1cn2cccc(C)c2n1)NC1CCN(c2ncccc2Cl)C1.I. The molecule has 0 amide bonds. The average Bonchev–Trinajstić information content (AvgIpc) is 3.35. The van der Waals surface area contributed by atoms with Gasteiger partial charge in [0, 0.05) is 57.7 Å². The fourth-order valence-electron chi connectivity index (χ4n) is 3.70. The van der Waals surface area contributed by atoms with Gasteiger partial charge in [-0.25, -0.2) is 9.97 Å². The van der Waals surface area contributed by atoms with Gasteiger partial charge in [-0.3, -0.25) is 4.99 Å². The number of guanidine groups is 1. The second-order valence-corrected chi connectivity index (χ2v) is 7.70. The highest BCUT2D eigenvalue weighted by Crippen LogP contribution is 2.25. The molecule has 7 nitrogen and oxygen atoms in total. The summed E-state index contributed by atoms with van der Waals surface area (Å²) in [6.45, 7) is 4.62. The van der Waals surface area contributed by atoms with E-state index in [-0.39, 0.29) is 24.0 Å². The number of aromatic nitrogens is 3. The van der Waals surface area contributed by atoms with Crippen molar-refractivity contribution < 1.29 is 0 Å². The molecule has 160 valence electrons. The van der Waals surface area contributed by atoms with Crippen molar-refractivity contribution in [2.24, 2.45) is 4.99 Å². The van der Waals surface area contributed by atoms with Crippen LogP contribution in [0, 0.1) is 6.92 Å². The van der Waals surface area contributed by atoms with Gasteiger partial charge >= 0.3 is 0 Å². The first kappa shape index (κ1) is 22.6. The molecule has 1 fully saturated rings. The number of hydrogen-bond acceptors (Lipinski definition) is 4. The van der Waals surface area contributed by atoms with E-state index >= 15 is 0 Å². The number of anilines is 1. The van der Waals surface area contributed by atoms with Crippen molar-refractivity contribution in [1.82, 2.24) is 25.0 Å². The third kappa shape index (κ3) is 5.15. The van der Waals surface area contributed by atoms with E-state index < -0.39 is 0 Å². The van der Waals surface area contributed by atoms with E-state index in [1.807, 2.05) is 24.4 Å². The summed E-state index contributed by atoms with van der Waals surface area (Å²) < 4.78 is 2.08. The van der Waals surface area contributed by atoms with Gasteiger partial charge in [0.15, 0.2) is 5.96 Å². The molecule has 0 aromatic carbocycles. The second kappa shape index (κ2) is 10.3. The number of nitrogens with one attached hydrogen (secondary N) is 2. The maximum absolute atomic E-state index is 6.28. The first-order valence-corrected chi connectivity index (χ1v) is 10.3. The number of nitrogens with zero attached hydrogens (tertiary/aromatic N) is 5. The zero-order chi connectivity index (χ0) is 20.2. The molecule has 0 spiro atoms. The van der Waals surface area contributed by atoms with E-state index in [2.05, 4.69) is 49.1 Å². The minimum atomic E-state index is 0. The zero-order valence-corrected chi connectivity index (χ0v) is 20.3. The van der Waals surface area contributed by atoms with Crippen LogP contribution in [-0.4, -0.2) is 53.1 Å². The van der Waals surface area contributed by atoms with Gasteiger partial charge in [0.25, 0.3) is 0 Å². The Morgan fingerprint density at radius 3 is 2.97 bits per heavy atom. The summed E-state index contributed by atoms with van der Waals surface area (Å²) in [5, 5.41) is 7.60. The monoisotopic (exact) mass is 539 g/mol. The quantitative estimate of drug-likeness (QED) is 0.296. The van der Waals surface area contributed by atoms with Gasteiger partial charge in [-0.05, 0) is 37.1 Å². The van der Waals surface area contributed by atoms with E-state index in [4.69, 9.17) is 16.6 Å². The van der Waals surface area contributed by atoms with E-state index in [1.54, 1.807) is 13.2 Å². The number of pyridine rings is 2. The van der Waals surface area contributed by atoms with Crippen LogP contribution >= 0.6 is 35.6 Å². The second-order valence-electron chi connectivity index (χ2n) is 7.29. The van der Waals surface area contributed by atoms with Gasteiger partial charge in [-0.15, -0.1) is 24.0 Å². The molecule has 30 heavy (non-hydrogen) atoms. The topological polar surface area (TPSA) is 69.8 Å². The fourth-order valence-corrected chi connectivity index (χ4v) is 3.94. The van der Waals surface area contributed by atoms with Crippen molar-refractivity contribution in [2.45, 2.75) is 25.8 Å². The Hall–Kier alpha value is -2.07.